The Kier molecular flexibility index (Phi) is 6.61. The zero-order chi connectivity index (χ0) is 25.2. The van der Waals surface area contributed by atoms with Crippen LogP contribution in [0.1, 0.15) is 5.69 Å². The summed E-state index contributed by atoms with van der Waals surface area (Å²) in [5.41, 5.74) is 0.786. The van der Waals surface area contributed by atoms with E-state index in [0.29, 0.717) is 11.1 Å². The number of nitrogens with one attached hydrogen (secondary N) is 1. The SMILES string of the molecule is COc1c(F)ccc2c(C)nc(Nc3nc(O)c4cccc(F)c4n3)nc12.O=C(O)C(F)(F)F. The molecule has 34 heavy (non-hydrogen) atoms. The average molecular weight is 483 g/mol. The van der Waals surface area contributed by atoms with E-state index in [9.17, 15) is 27.1 Å². The van der Waals surface area contributed by atoms with Crippen LogP contribution in [-0.2, 0) is 4.79 Å². The number of rotatable bonds is 3. The number of ether oxygens (including phenoxy) is 1. The Labute approximate surface area is 186 Å². The number of aromatic nitrogens is 4. The summed E-state index contributed by atoms with van der Waals surface area (Å²) in [5, 5.41) is 20.7. The number of aliphatic carboxylic acids is 1. The summed E-state index contributed by atoms with van der Waals surface area (Å²) in [7, 11) is 1.34. The van der Waals surface area contributed by atoms with Crippen LogP contribution in [0.3, 0.4) is 0 Å². The van der Waals surface area contributed by atoms with Crippen LogP contribution >= 0.6 is 0 Å². The van der Waals surface area contributed by atoms with Crippen molar-refractivity contribution in [1.82, 2.24) is 19.9 Å². The Morgan fingerprint density at radius 1 is 0.941 bits per heavy atom. The van der Waals surface area contributed by atoms with Crippen LogP contribution in [0.25, 0.3) is 21.8 Å². The lowest BCUT2D eigenvalue weighted by Gasteiger charge is -2.11. The molecule has 0 aliphatic carbocycles. The van der Waals surface area contributed by atoms with Crippen LogP contribution in [0.4, 0.5) is 33.8 Å². The minimum absolute atomic E-state index is 0.0191. The number of carboxylic acids is 1. The van der Waals surface area contributed by atoms with E-state index < -0.39 is 23.8 Å². The summed E-state index contributed by atoms with van der Waals surface area (Å²) in [5.74, 6) is -4.37. The first-order valence-electron chi connectivity index (χ1n) is 9.15. The fraction of sp³-hybridized carbons (Fsp3) is 0.150. The highest BCUT2D eigenvalue weighted by atomic mass is 19.4. The van der Waals surface area contributed by atoms with Crippen molar-refractivity contribution in [1.29, 1.82) is 0 Å². The van der Waals surface area contributed by atoms with Gasteiger partial charge in [-0.05, 0) is 31.2 Å². The molecule has 0 saturated carbocycles. The Hall–Kier alpha value is -4.36. The van der Waals surface area contributed by atoms with Gasteiger partial charge < -0.3 is 14.9 Å². The van der Waals surface area contributed by atoms with E-state index in [1.54, 1.807) is 13.0 Å². The zero-order valence-corrected chi connectivity index (χ0v) is 17.3. The van der Waals surface area contributed by atoms with Crippen LogP contribution in [0, 0.1) is 18.6 Å². The topological polar surface area (TPSA) is 130 Å². The molecule has 14 heteroatoms. The predicted molar refractivity (Wildman–Crippen MR) is 109 cm³/mol. The molecule has 0 unspecified atom stereocenters. The maximum absolute atomic E-state index is 14.0. The summed E-state index contributed by atoms with van der Waals surface area (Å²) in [6.07, 6.45) is -5.08. The highest BCUT2D eigenvalue weighted by Crippen LogP contribution is 2.30. The fourth-order valence-electron chi connectivity index (χ4n) is 2.81. The van der Waals surface area contributed by atoms with Crippen LogP contribution in [-0.4, -0.2) is 49.4 Å². The van der Waals surface area contributed by atoms with Gasteiger partial charge in [0.2, 0.25) is 17.8 Å². The molecular weight excluding hydrogens is 469 g/mol. The number of aromatic hydroxyl groups is 1. The standard InChI is InChI=1S/C18H13F2N5O2.C2HF3O2/c1-8-9-6-7-12(20)15(27-2)14(9)23-17(21-8)25-18-22-13-10(16(26)24-18)4-3-5-11(13)19;3-2(4,5)1(6)7/h3-7H,1-2H3,(H2,21,22,23,24,25,26);(H,6,7). The molecule has 0 aliphatic heterocycles. The molecule has 0 bridgehead atoms. The molecule has 0 radical (unpaired) electrons. The number of halogens is 5. The number of carbonyl (C=O) groups is 1. The van der Waals surface area contributed by atoms with E-state index in [-0.39, 0.29) is 39.9 Å². The molecule has 178 valence electrons. The molecule has 2 aromatic heterocycles. The highest BCUT2D eigenvalue weighted by Gasteiger charge is 2.38. The molecule has 0 spiro atoms. The smallest absolute Gasteiger partial charge is 0.490 e. The molecule has 0 atom stereocenters. The van der Waals surface area contributed by atoms with Gasteiger partial charge in [-0.15, -0.1) is 0 Å². The number of hydrogen-bond donors (Lipinski definition) is 3. The van der Waals surface area contributed by atoms with Gasteiger partial charge in [0.25, 0.3) is 0 Å². The molecule has 0 saturated heterocycles. The second-order valence-electron chi connectivity index (χ2n) is 6.54. The van der Waals surface area contributed by atoms with Crippen LogP contribution in [0.15, 0.2) is 30.3 Å². The van der Waals surface area contributed by atoms with Crippen molar-refractivity contribution >= 4 is 39.7 Å². The molecule has 2 heterocycles. The van der Waals surface area contributed by atoms with Crippen molar-refractivity contribution in [3.05, 3.63) is 47.7 Å². The third-order valence-electron chi connectivity index (χ3n) is 4.29. The Balaban J connectivity index is 0.000000406. The number of nitrogens with zero attached hydrogens (tertiary/aromatic N) is 4. The minimum atomic E-state index is -5.08. The summed E-state index contributed by atoms with van der Waals surface area (Å²) in [6, 6.07) is 7.01. The van der Waals surface area contributed by atoms with Crippen molar-refractivity contribution in [2.45, 2.75) is 13.1 Å². The third kappa shape index (κ3) is 5.00. The monoisotopic (exact) mass is 483 g/mol. The number of para-hydroxylation sites is 1. The van der Waals surface area contributed by atoms with E-state index in [1.807, 2.05) is 0 Å². The molecule has 4 aromatic rings. The second kappa shape index (κ2) is 9.25. The number of anilines is 2. The predicted octanol–water partition coefficient (Wildman–Crippen LogP) is 4.25. The largest absolute Gasteiger partial charge is 0.493 e. The van der Waals surface area contributed by atoms with Gasteiger partial charge in [0.1, 0.15) is 16.9 Å². The van der Waals surface area contributed by atoms with Crippen molar-refractivity contribution in [2.24, 2.45) is 0 Å². The van der Waals surface area contributed by atoms with Crippen LogP contribution in [0.5, 0.6) is 11.6 Å². The number of carboxylic acid groups (broad SMARTS) is 1. The lowest BCUT2D eigenvalue weighted by atomic mass is 10.2. The lowest BCUT2D eigenvalue weighted by Crippen LogP contribution is -2.21. The van der Waals surface area contributed by atoms with Gasteiger partial charge in [-0.3, -0.25) is 5.32 Å². The van der Waals surface area contributed by atoms with Crippen molar-refractivity contribution < 1.29 is 41.7 Å². The zero-order valence-electron chi connectivity index (χ0n) is 17.3. The number of methoxy groups -OCH3 is 1. The average Bonchev–Trinajstić information content (AvgIpc) is 2.74. The number of aryl methyl sites for hydroxylation is 1. The maximum atomic E-state index is 14.0. The van der Waals surface area contributed by atoms with E-state index in [2.05, 4.69) is 25.3 Å². The first kappa shape index (κ1) is 24.3. The van der Waals surface area contributed by atoms with E-state index in [4.69, 9.17) is 14.6 Å². The van der Waals surface area contributed by atoms with E-state index in [0.717, 1.165) is 0 Å². The van der Waals surface area contributed by atoms with Crippen LogP contribution in [0.2, 0.25) is 0 Å². The molecule has 0 amide bonds. The molecule has 2 aromatic carbocycles. The van der Waals surface area contributed by atoms with Crippen LogP contribution < -0.4 is 10.1 Å². The quantitative estimate of drug-likeness (QED) is 0.366. The van der Waals surface area contributed by atoms with E-state index >= 15 is 0 Å². The first-order chi connectivity index (χ1) is 15.9. The second-order valence-corrected chi connectivity index (χ2v) is 6.54. The number of alkyl halides is 3. The molecular formula is C20H14F5N5O4. The molecule has 0 fully saturated rings. The summed E-state index contributed by atoms with van der Waals surface area (Å²) < 4.78 is 64.8. The van der Waals surface area contributed by atoms with Gasteiger partial charge in [0, 0.05) is 5.39 Å². The molecule has 9 nitrogen and oxygen atoms in total. The van der Waals surface area contributed by atoms with Gasteiger partial charge in [-0.1, -0.05) is 6.07 Å². The first-order valence-corrected chi connectivity index (χ1v) is 9.15. The van der Waals surface area contributed by atoms with E-state index in [1.165, 1.54) is 31.4 Å². The minimum Gasteiger partial charge on any atom is -0.493 e. The van der Waals surface area contributed by atoms with Gasteiger partial charge in [0.05, 0.1) is 18.2 Å². The Morgan fingerprint density at radius 3 is 2.18 bits per heavy atom. The maximum Gasteiger partial charge on any atom is 0.490 e. The molecule has 0 aliphatic rings. The van der Waals surface area contributed by atoms with Gasteiger partial charge in [0.15, 0.2) is 11.6 Å². The van der Waals surface area contributed by atoms with Crippen molar-refractivity contribution in [2.75, 3.05) is 12.4 Å². The number of fused-ring (bicyclic) bond motifs is 2. The van der Waals surface area contributed by atoms with Crippen molar-refractivity contribution in [3.63, 3.8) is 0 Å². The summed E-state index contributed by atoms with van der Waals surface area (Å²) in [4.78, 5) is 25.4. The third-order valence-corrected chi connectivity index (χ3v) is 4.29. The van der Waals surface area contributed by atoms with Gasteiger partial charge in [-0.2, -0.15) is 18.2 Å². The molecule has 4 rings (SSSR count). The number of hydrogen-bond acceptors (Lipinski definition) is 8. The van der Waals surface area contributed by atoms with Gasteiger partial charge in [-0.25, -0.2) is 28.5 Å². The Bertz CT molecular complexity index is 1400. The van der Waals surface area contributed by atoms with Crippen molar-refractivity contribution in [3.8, 4) is 11.6 Å². The van der Waals surface area contributed by atoms with Gasteiger partial charge >= 0.3 is 12.1 Å². The molecule has 3 N–H and O–H groups in total. The number of benzene rings is 2. The summed E-state index contributed by atoms with van der Waals surface area (Å²) in [6.45, 7) is 1.73. The normalized spacial score (nSPS) is 11.1. The summed E-state index contributed by atoms with van der Waals surface area (Å²) >= 11 is 0. The Morgan fingerprint density at radius 2 is 1.56 bits per heavy atom. The lowest BCUT2D eigenvalue weighted by molar-refractivity contribution is -0.192. The highest BCUT2D eigenvalue weighted by molar-refractivity contribution is 5.88. The fourth-order valence-corrected chi connectivity index (χ4v) is 2.81.